The molecule has 3 amide bonds. The molecule has 2 aromatic rings. The van der Waals surface area contributed by atoms with Gasteiger partial charge in [0.25, 0.3) is 5.91 Å². The number of benzene rings is 2. The first-order chi connectivity index (χ1) is 16.6. The number of para-hydroxylation sites is 1. The van der Waals surface area contributed by atoms with Crippen LogP contribution in [-0.2, 0) is 14.4 Å². The van der Waals surface area contributed by atoms with Gasteiger partial charge in [0.05, 0.1) is 23.2 Å². The molecule has 0 aliphatic carbocycles. The minimum absolute atomic E-state index is 0.0977. The van der Waals surface area contributed by atoms with Crippen LogP contribution in [-0.4, -0.2) is 36.6 Å². The molecule has 7 nitrogen and oxygen atoms in total. The number of anilines is 1. The number of hydrogen-bond donors (Lipinski definition) is 2. The van der Waals surface area contributed by atoms with Crippen molar-refractivity contribution in [3.05, 3.63) is 78.1 Å². The van der Waals surface area contributed by atoms with E-state index in [1.165, 1.54) is 17.0 Å². The highest BCUT2D eigenvalue weighted by molar-refractivity contribution is 6.20. The number of likely N-dealkylation sites (N-methyl/N-ethyl adjacent to an activating group) is 1. The molecule has 2 aromatic carbocycles. The van der Waals surface area contributed by atoms with E-state index in [1.54, 1.807) is 49.5 Å². The van der Waals surface area contributed by atoms with Crippen molar-refractivity contribution in [2.45, 2.75) is 32.9 Å². The largest absolute Gasteiger partial charge is 0.369 e. The molecule has 35 heavy (non-hydrogen) atoms. The van der Waals surface area contributed by atoms with E-state index in [0.29, 0.717) is 28.9 Å². The molecular formula is C27H31FN4O3. The summed E-state index contributed by atoms with van der Waals surface area (Å²) in [5.41, 5.74) is 7.67. The Morgan fingerprint density at radius 1 is 1.20 bits per heavy atom. The molecule has 0 spiro atoms. The Morgan fingerprint density at radius 2 is 1.91 bits per heavy atom. The molecule has 3 atom stereocenters. The highest BCUT2D eigenvalue weighted by atomic mass is 19.1. The predicted octanol–water partition coefficient (Wildman–Crippen LogP) is 3.42. The number of amides is 3. The second-order valence-corrected chi connectivity index (χ2v) is 9.08. The number of allylic oxidation sites excluding steroid dienone is 1. The molecule has 1 aliphatic rings. The van der Waals surface area contributed by atoms with Crippen LogP contribution in [0.4, 0.5) is 10.1 Å². The Kier molecular flexibility index (Phi) is 8.17. The number of halogens is 1. The minimum atomic E-state index is -1.27. The Bertz CT molecular complexity index is 1160. The summed E-state index contributed by atoms with van der Waals surface area (Å²) in [6.45, 7) is 7.55. The number of rotatable bonds is 9. The fraction of sp³-hybridized carbons (Fsp3) is 0.333. The van der Waals surface area contributed by atoms with Crippen LogP contribution < -0.4 is 16.0 Å². The first kappa shape index (κ1) is 25.8. The molecule has 3 N–H and O–H groups in total. The standard InChI is InChI=1S/C27H31FN4O3/c1-5-9-19(24(29)33)21(14-16(2)3)26(34)31-25-27(35)32(4)22-13-7-6-12-20(22)23(30-25)17-10-8-11-18(28)15-17/h5-8,10-13,15-16,19,21,25H,1,9,14H2,2-4H3,(H2,29,33)(H,31,34)/t19?,21?,25-/m0/s1. The maximum atomic E-state index is 14.1. The molecule has 3 rings (SSSR count). The van der Waals surface area contributed by atoms with Gasteiger partial charge in [-0.05, 0) is 37.0 Å². The maximum absolute atomic E-state index is 14.1. The maximum Gasteiger partial charge on any atom is 0.272 e. The molecule has 1 aliphatic heterocycles. The van der Waals surface area contributed by atoms with Crippen LogP contribution in [0, 0.1) is 23.6 Å². The first-order valence-corrected chi connectivity index (χ1v) is 11.5. The van der Waals surface area contributed by atoms with Gasteiger partial charge in [0, 0.05) is 18.2 Å². The van der Waals surface area contributed by atoms with Gasteiger partial charge < -0.3 is 16.0 Å². The molecule has 2 unspecified atom stereocenters. The normalized spacial score (nSPS) is 17.2. The summed E-state index contributed by atoms with van der Waals surface area (Å²) in [5.74, 6) is -3.44. The van der Waals surface area contributed by atoms with Crippen molar-refractivity contribution in [2.75, 3.05) is 11.9 Å². The van der Waals surface area contributed by atoms with Crippen LogP contribution in [0.1, 0.15) is 37.8 Å². The molecule has 0 saturated carbocycles. The predicted molar refractivity (Wildman–Crippen MR) is 134 cm³/mol. The average Bonchev–Trinajstić information content (AvgIpc) is 2.91. The van der Waals surface area contributed by atoms with E-state index in [0.717, 1.165) is 0 Å². The van der Waals surface area contributed by atoms with E-state index in [1.807, 2.05) is 13.8 Å². The van der Waals surface area contributed by atoms with E-state index in [2.05, 4.69) is 16.9 Å². The zero-order valence-electron chi connectivity index (χ0n) is 20.2. The van der Waals surface area contributed by atoms with Crippen molar-refractivity contribution in [1.82, 2.24) is 5.32 Å². The zero-order valence-corrected chi connectivity index (χ0v) is 20.2. The number of nitrogens with one attached hydrogen (secondary N) is 1. The summed E-state index contributed by atoms with van der Waals surface area (Å²) < 4.78 is 14.1. The van der Waals surface area contributed by atoms with Crippen LogP contribution in [0.15, 0.2) is 66.2 Å². The van der Waals surface area contributed by atoms with Crippen LogP contribution >= 0.6 is 0 Å². The van der Waals surface area contributed by atoms with Crippen molar-refractivity contribution in [3.63, 3.8) is 0 Å². The summed E-state index contributed by atoms with van der Waals surface area (Å²) in [7, 11) is 1.60. The highest BCUT2D eigenvalue weighted by Crippen LogP contribution is 2.29. The highest BCUT2D eigenvalue weighted by Gasteiger charge is 2.36. The SMILES string of the molecule is C=CCC(C(N)=O)C(CC(C)C)C(=O)N[C@@H]1N=C(c2cccc(F)c2)c2ccccc2N(C)C1=O. The lowest BCUT2D eigenvalue weighted by Gasteiger charge is -2.27. The van der Waals surface area contributed by atoms with Crippen LogP contribution in [0.2, 0.25) is 0 Å². The lowest BCUT2D eigenvalue weighted by Crippen LogP contribution is -2.50. The number of carbonyl (C=O) groups excluding carboxylic acids is 3. The van der Waals surface area contributed by atoms with Gasteiger partial charge in [-0.2, -0.15) is 0 Å². The summed E-state index contributed by atoms with van der Waals surface area (Å²) in [6.07, 6.45) is 0.912. The number of nitrogens with two attached hydrogens (primary N) is 1. The van der Waals surface area contributed by atoms with Gasteiger partial charge in [0.1, 0.15) is 5.82 Å². The van der Waals surface area contributed by atoms with Crippen molar-refractivity contribution in [1.29, 1.82) is 0 Å². The molecule has 0 radical (unpaired) electrons. The molecule has 0 aromatic heterocycles. The van der Waals surface area contributed by atoms with Gasteiger partial charge in [0.2, 0.25) is 18.0 Å². The average molecular weight is 479 g/mol. The third kappa shape index (κ3) is 5.82. The van der Waals surface area contributed by atoms with Crippen molar-refractivity contribution in [3.8, 4) is 0 Å². The van der Waals surface area contributed by atoms with Gasteiger partial charge in [0.15, 0.2) is 0 Å². The third-order valence-corrected chi connectivity index (χ3v) is 6.05. The Balaban J connectivity index is 2.06. The van der Waals surface area contributed by atoms with Gasteiger partial charge in [-0.3, -0.25) is 14.4 Å². The molecule has 0 fully saturated rings. The second-order valence-electron chi connectivity index (χ2n) is 9.08. The van der Waals surface area contributed by atoms with Gasteiger partial charge >= 0.3 is 0 Å². The number of primary amides is 1. The van der Waals surface area contributed by atoms with Crippen LogP contribution in [0.3, 0.4) is 0 Å². The van der Waals surface area contributed by atoms with Crippen LogP contribution in [0.5, 0.6) is 0 Å². The molecule has 184 valence electrons. The second kappa shape index (κ2) is 11.1. The summed E-state index contributed by atoms with van der Waals surface area (Å²) >= 11 is 0. The smallest absolute Gasteiger partial charge is 0.272 e. The Hall–Kier alpha value is -3.81. The van der Waals surface area contributed by atoms with Gasteiger partial charge in [-0.25, -0.2) is 9.38 Å². The number of nitrogens with zero attached hydrogens (tertiary/aromatic N) is 2. The van der Waals surface area contributed by atoms with E-state index in [4.69, 9.17) is 5.73 Å². The Labute approximate surface area is 204 Å². The number of hydrogen-bond acceptors (Lipinski definition) is 4. The number of benzodiazepines with no additional fused rings is 1. The minimum Gasteiger partial charge on any atom is -0.369 e. The van der Waals surface area contributed by atoms with Crippen molar-refractivity contribution in [2.24, 2.45) is 28.5 Å². The molecule has 0 saturated heterocycles. The van der Waals surface area contributed by atoms with E-state index >= 15 is 0 Å². The van der Waals surface area contributed by atoms with E-state index in [9.17, 15) is 18.8 Å². The summed E-state index contributed by atoms with van der Waals surface area (Å²) in [5, 5.41) is 2.73. The molecule has 8 heteroatoms. The lowest BCUT2D eigenvalue weighted by molar-refractivity contribution is -0.135. The molecule has 0 bridgehead atoms. The number of carbonyl (C=O) groups is 3. The van der Waals surface area contributed by atoms with Crippen molar-refractivity contribution >= 4 is 29.1 Å². The number of fused-ring (bicyclic) bond motifs is 1. The topological polar surface area (TPSA) is 105 Å². The molecule has 1 heterocycles. The van der Waals surface area contributed by atoms with Crippen LogP contribution in [0.25, 0.3) is 0 Å². The summed E-state index contributed by atoms with van der Waals surface area (Å²) in [4.78, 5) is 45.0. The quantitative estimate of drug-likeness (QED) is 0.540. The fourth-order valence-corrected chi connectivity index (χ4v) is 4.34. The summed E-state index contributed by atoms with van der Waals surface area (Å²) in [6, 6.07) is 13.1. The zero-order chi connectivity index (χ0) is 25.7. The monoisotopic (exact) mass is 478 g/mol. The van der Waals surface area contributed by atoms with Gasteiger partial charge in [-0.1, -0.05) is 50.3 Å². The first-order valence-electron chi connectivity index (χ1n) is 11.5. The van der Waals surface area contributed by atoms with E-state index in [-0.39, 0.29) is 12.3 Å². The number of aliphatic imine (C=N–C) groups is 1. The van der Waals surface area contributed by atoms with E-state index < -0.39 is 41.5 Å². The fourth-order valence-electron chi connectivity index (χ4n) is 4.34. The lowest BCUT2D eigenvalue weighted by atomic mass is 9.82. The van der Waals surface area contributed by atoms with Gasteiger partial charge in [-0.15, -0.1) is 6.58 Å². The van der Waals surface area contributed by atoms with Crippen molar-refractivity contribution < 1.29 is 18.8 Å². The third-order valence-electron chi connectivity index (χ3n) is 6.05. The Morgan fingerprint density at radius 3 is 2.54 bits per heavy atom. The molecular weight excluding hydrogens is 447 g/mol.